The Kier molecular flexibility index (Phi) is 7.85. The lowest BCUT2D eigenvalue weighted by Crippen LogP contribution is -2.39. The lowest BCUT2D eigenvalue weighted by molar-refractivity contribution is -0.898. The van der Waals surface area contributed by atoms with Gasteiger partial charge >= 0.3 is 5.82 Å². The molecule has 1 amide bonds. The second kappa shape index (κ2) is 11.3. The van der Waals surface area contributed by atoms with Gasteiger partial charge in [0.2, 0.25) is 12.2 Å². The molecule has 2 N–H and O–H groups in total. The molecule has 0 aliphatic heterocycles. The van der Waals surface area contributed by atoms with Gasteiger partial charge in [0.25, 0.3) is 0 Å². The average Bonchev–Trinajstić information content (AvgIpc) is 3.24. The number of aromatic nitrogens is 5. The van der Waals surface area contributed by atoms with Crippen LogP contribution in [0.4, 0.5) is 23.1 Å². The number of anilines is 3. The summed E-state index contributed by atoms with van der Waals surface area (Å²) in [5.41, 5.74) is 2.32. The molecule has 0 atom stereocenters. The van der Waals surface area contributed by atoms with Crippen molar-refractivity contribution in [2.75, 3.05) is 31.3 Å². The first-order valence-corrected chi connectivity index (χ1v) is 12.0. The molecule has 13 heteroatoms. The number of quaternary nitrogens is 1. The molecule has 0 radical (unpaired) electrons. The number of imidazole rings is 1. The Bertz CT molecular complexity index is 1640. The maximum absolute atomic E-state index is 12.6. The van der Waals surface area contributed by atoms with Gasteiger partial charge < -0.3 is 29.8 Å². The summed E-state index contributed by atoms with van der Waals surface area (Å²) in [6, 6.07) is 6.87. The molecule has 0 unspecified atom stereocenters. The van der Waals surface area contributed by atoms with E-state index in [1.165, 1.54) is 24.9 Å². The van der Waals surface area contributed by atoms with Gasteiger partial charge in [0.05, 0.1) is 37.4 Å². The first-order chi connectivity index (χ1) is 18.6. The fraction of sp³-hybridized carbons (Fsp3) is 0.192. The Balaban J connectivity index is 1.45. The van der Waals surface area contributed by atoms with Crippen molar-refractivity contribution in [1.82, 2.24) is 24.5 Å². The summed E-state index contributed by atoms with van der Waals surface area (Å²) in [5, 5.41) is 18.3. The highest BCUT2D eigenvalue weighted by molar-refractivity contribution is 6.31. The van der Waals surface area contributed by atoms with Crippen LogP contribution in [0.1, 0.15) is 11.3 Å². The van der Waals surface area contributed by atoms with E-state index in [1.807, 2.05) is 14.1 Å². The molecule has 0 aliphatic carbocycles. The Morgan fingerprint density at radius 1 is 1.26 bits per heavy atom. The third kappa shape index (κ3) is 6.53. The summed E-state index contributed by atoms with van der Waals surface area (Å²) in [4.78, 5) is 40.0. The number of nitrogens with zero attached hydrogens (tertiary/aromatic N) is 7. The quantitative estimate of drug-likeness (QED) is 0.106. The lowest BCUT2D eigenvalue weighted by atomic mass is 10.2. The Morgan fingerprint density at radius 3 is 2.79 bits per heavy atom. The van der Waals surface area contributed by atoms with Crippen LogP contribution in [0.3, 0.4) is 0 Å². The standard InChI is InChI=1S/C26H24ClN9O3/c1-5-17-11-18(8-9-20(17)27)32-25-19-12-23(28-13-21(19)29-15-30-25)33-24(37)7-6-10-36(3,4)14-22-26(35(38)39)31-16-34(22)2/h1,6-9,11-13,15-16H,10,14H2,2-4H3,(H-,28,29,30,32,33,37)/p+1/b7-6+. The lowest BCUT2D eigenvalue weighted by Gasteiger charge is -2.27. The topological polar surface area (TPSA) is 141 Å². The van der Waals surface area contributed by atoms with Gasteiger partial charge in [0.1, 0.15) is 24.5 Å². The van der Waals surface area contributed by atoms with Crippen LogP contribution in [0.2, 0.25) is 5.02 Å². The average molecular weight is 547 g/mol. The van der Waals surface area contributed by atoms with Crippen molar-refractivity contribution in [2.24, 2.45) is 7.05 Å². The third-order valence-electron chi connectivity index (χ3n) is 5.81. The Labute approximate surface area is 229 Å². The van der Waals surface area contributed by atoms with Crippen LogP contribution in [0.25, 0.3) is 10.9 Å². The smallest absolute Gasteiger partial charge is 0.358 e. The highest BCUT2D eigenvalue weighted by Gasteiger charge is 2.26. The van der Waals surface area contributed by atoms with E-state index in [0.29, 0.717) is 62.1 Å². The van der Waals surface area contributed by atoms with E-state index in [1.54, 1.807) is 42.0 Å². The van der Waals surface area contributed by atoms with E-state index in [2.05, 4.69) is 36.5 Å². The zero-order chi connectivity index (χ0) is 28.2. The fourth-order valence-electron chi connectivity index (χ4n) is 3.84. The van der Waals surface area contributed by atoms with E-state index in [9.17, 15) is 14.9 Å². The van der Waals surface area contributed by atoms with E-state index in [-0.39, 0.29) is 11.7 Å². The number of aryl methyl sites for hydroxylation is 1. The minimum atomic E-state index is -0.495. The largest absolute Gasteiger partial charge is 0.390 e. The number of halogens is 1. The molecule has 0 bridgehead atoms. The highest BCUT2D eigenvalue weighted by Crippen LogP contribution is 2.27. The van der Waals surface area contributed by atoms with Crippen molar-refractivity contribution in [3.63, 3.8) is 0 Å². The molecule has 4 rings (SSSR count). The van der Waals surface area contributed by atoms with Gasteiger partial charge in [-0.3, -0.25) is 4.79 Å². The molecule has 0 saturated heterocycles. The number of amides is 1. The minimum absolute atomic E-state index is 0.168. The van der Waals surface area contributed by atoms with Crippen LogP contribution in [0.5, 0.6) is 0 Å². The van der Waals surface area contributed by atoms with Crippen LogP contribution in [0, 0.1) is 22.5 Å². The van der Waals surface area contributed by atoms with Crippen molar-refractivity contribution < 1.29 is 14.2 Å². The van der Waals surface area contributed by atoms with Gasteiger partial charge in [-0.15, -0.1) is 6.42 Å². The number of nitrogens with one attached hydrogen (secondary N) is 2. The number of carbonyl (C=O) groups excluding carboxylic acids is 1. The molecule has 198 valence electrons. The van der Waals surface area contributed by atoms with E-state index >= 15 is 0 Å². The zero-order valence-corrected chi connectivity index (χ0v) is 22.2. The van der Waals surface area contributed by atoms with E-state index in [4.69, 9.17) is 18.0 Å². The molecule has 0 saturated carbocycles. The number of hydrogen-bond donors (Lipinski definition) is 2. The van der Waals surface area contributed by atoms with Crippen molar-refractivity contribution >= 4 is 51.6 Å². The molecule has 12 nitrogen and oxygen atoms in total. The number of benzene rings is 1. The molecular weight excluding hydrogens is 522 g/mol. The van der Waals surface area contributed by atoms with Crippen LogP contribution in [-0.4, -0.2) is 60.5 Å². The summed E-state index contributed by atoms with van der Waals surface area (Å²) in [6.45, 7) is 0.806. The Morgan fingerprint density at radius 2 is 2.05 bits per heavy atom. The molecule has 1 aromatic carbocycles. The predicted octanol–water partition coefficient (Wildman–Crippen LogP) is 3.82. The van der Waals surface area contributed by atoms with E-state index < -0.39 is 4.92 Å². The fourth-order valence-corrected chi connectivity index (χ4v) is 4.01. The molecule has 3 heterocycles. The van der Waals surface area contributed by atoms with Gasteiger partial charge in [-0.2, -0.15) is 0 Å². The van der Waals surface area contributed by atoms with Crippen molar-refractivity contribution in [3.8, 4) is 12.3 Å². The highest BCUT2D eigenvalue weighted by atomic mass is 35.5. The SMILES string of the molecule is C#Cc1cc(Nc2ncnc3cnc(NC(=O)/C=C/C[N+](C)(C)Cc4c([N+](=O)[O-])ncn4C)cc23)ccc1Cl. The predicted molar refractivity (Wildman–Crippen MR) is 148 cm³/mol. The van der Waals surface area contributed by atoms with Crippen LogP contribution >= 0.6 is 11.6 Å². The maximum Gasteiger partial charge on any atom is 0.390 e. The van der Waals surface area contributed by atoms with Crippen molar-refractivity contribution in [1.29, 1.82) is 0 Å². The summed E-state index contributed by atoms with van der Waals surface area (Å²) < 4.78 is 2.00. The normalized spacial score (nSPS) is 11.5. The number of hydrogen-bond acceptors (Lipinski definition) is 8. The van der Waals surface area contributed by atoms with Gasteiger partial charge in [0.15, 0.2) is 5.69 Å². The van der Waals surface area contributed by atoms with Gasteiger partial charge in [0, 0.05) is 29.8 Å². The van der Waals surface area contributed by atoms with Crippen LogP contribution in [-0.2, 0) is 18.4 Å². The number of carbonyl (C=O) groups is 1. The number of likely N-dealkylation sites (N-methyl/N-ethyl adjacent to an activating group) is 1. The zero-order valence-electron chi connectivity index (χ0n) is 21.4. The first-order valence-electron chi connectivity index (χ1n) is 11.6. The van der Waals surface area contributed by atoms with Crippen LogP contribution in [0.15, 0.2) is 55.3 Å². The number of terminal acetylenes is 1. The van der Waals surface area contributed by atoms with Crippen molar-refractivity contribution in [2.45, 2.75) is 6.54 Å². The number of nitro groups is 1. The summed E-state index contributed by atoms with van der Waals surface area (Å²) in [7, 11) is 5.53. The van der Waals surface area contributed by atoms with Gasteiger partial charge in [-0.1, -0.05) is 17.5 Å². The summed E-state index contributed by atoms with van der Waals surface area (Å²) in [5.74, 6) is 2.80. The summed E-state index contributed by atoms with van der Waals surface area (Å²) >= 11 is 6.10. The number of fused-ring (bicyclic) bond motifs is 1. The first kappa shape index (κ1) is 27.2. The third-order valence-corrected chi connectivity index (χ3v) is 6.14. The maximum atomic E-state index is 12.6. The number of rotatable bonds is 9. The molecular formula is C26H25ClN9O3+. The molecule has 4 aromatic rings. The van der Waals surface area contributed by atoms with E-state index in [0.717, 1.165) is 0 Å². The molecule has 39 heavy (non-hydrogen) atoms. The molecule has 0 spiro atoms. The second-order valence-corrected chi connectivity index (χ2v) is 9.73. The molecule has 0 aliphatic rings. The van der Waals surface area contributed by atoms with Gasteiger partial charge in [-0.05, 0) is 40.2 Å². The molecule has 0 fully saturated rings. The summed E-state index contributed by atoms with van der Waals surface area (Å²) in [6.07, 6.45) is 13.0. The Hall–Kier alpha value is -4.86. The number of pyridine rings is 1. The monoisotopic (exact) mass is 546 g/mol. The van der Waals surface area contributed by atoms with Gasteiger partial charge in [-0.25, -0.2) is 15.0 Å². The van der Waals surface area contributed by atoms with Crippen LogP contribution < -0.4 is 10.6 Å². The molecule has 3 aromatic heterocycles. The van der Waals surface area contributed by atoms with Crippen molar-refractivity contribution in [3.05, 3.63) is 81.7 Å². The minimum Gasteiger partial charge on any atom is -0.358 e. The second-order valence-electron chi connectivity index (χ2n) is 9.32.